The first kappa shape index (κ1) is 13.1. The smallest absolute Gasteiger partial charge is 0.282 e. The van der Waals surface area contributed by atoms with Crippen LogP contribution in [0.1, 0.15) is 18.7 Å². The Labute approximate surface area is 113 Å². The topological polar surface area (TPSA) is 54.8 Å². The van der Waals surface area contributed by atoms with Crippen molar-refractivity contribution in [3.63, 3.8) is 0 Å². The van der Waals surface area contributed by atoms with Gasteiger partial charge in [-0.1, -0.05) is 0 Å². The Bertz CT molecular complexity index is 548. The summed E-state index contributed by atoms with van der Waals surface area (Å²) in [4.78, 5) is 0. The maximum atomic E-state index is 12.7. The molecule has 0 saturated carbocycles. The molecule has 0 aromatic carbocycles. The zero-order valence-corrected chi connectivity index (χ0v) is 11.8. The molecule has 6 nitrogen and oxygen atoms in total. The minimum absolute atomic E-state index is 0.114. The van der Waals surface area contributed by atoms with E-state index in [9.17, 15) is 8.42 Å². The van der Waals surface area contributed by atoms with Crippen LogP contribution in [0.25, 0.3) is 0 Å². The van der Waals surface area contributed by atoms with Crippen LogP contribution in [0.4, 0.5) is 0 Å². The van der Waals surface area contributed by atoms with E-state index in [0.717, 1.165) is 12.2 Å². The molecule has 1 aromatic rings. The van der Waals surface area contributed by atoms with Gasteiger partial charge in [0, 0.05) is 38.1 Å². The van der Waals surface area contributed by atoms with Crippen LogP contribution in [0.5, 0.6) is 0 Å². The van der Waals surface area contributed by atoms with Gasteiger partial charge in [0.25, 0.3) is 10.2 Å². The van der Waals surface area contributed by atoms with Crippen molar-refractivity contribution in [1.82, 2.24) is 13.2 Å². The van der Waals surface area contributed by atoms with Crippen LogP contribution in [0.15, 0.2) is 18.3 Å². The first-order valence-corrected chi connectivity index (χ1v) is 8.00. The van der Waals surface area contributed by atoms with E-state index < -0.39 is 10.2 Å². The Morgan fingerprint density at radius 2 is 1.95 bits per heavy atom. The molecule has 106 valence electrons. The number of fused-ring (bicyclic) bond motifs is 1. The lowest BCUT2D eigenvalue weighted by atomic mass is 10.2. The Morgan fingerprint density at radius 1 is 1.21 bits per heavy atom. The van der Waals surface area contributed by atoms with Crippen LogP contribution in [-0.4, -0.2) is 54.4 Å². The maximum Gasteiger partial charge on any atom is 0.282 e. The van der Waals surface area contributed by atoms with Gasteiger partial charge in [-0.05, 0) is 19.1 Å². The summed E-state index contributed by atoms with van der Waals surface area (Å²) in [5, 5.41) is 0. The second-order valence-corrected chi connectivity index (χ2v) is 6.81. The molecule has 2 aliphatic rings. The lowest BCUT2D eigenvalue weighted by Gasteiger charge is -2.38. The van der Waals surface area contributed by atoms with Gasteiger partial charge in [0.05, 0.1) is 19.3 Å². The van der Waals surface area contributed by atoms with Gasteiger partial charge < -0.3 is 9.30 Å². The number of ether oxygens (including phenoxy) is 1. The summed E-state index contributed by atoms with van der Waals surface area (Å²) in [7, 11) is -3.38. The predicted molar refractivity (Wildman–Crippen MR) is 70.9 cm³/mol. The average Bonchev–Trinajstić information content (AvgIpc) is 2.89. The number of hydrogen-bond donors (Lipinski definition) is 0. The zero-order chi connectivity index (χ0) is 13.5. The Kier molecular flexibility index (Phi) is 3.38. The molecule has 3 rings (SSSR count). The highest BCUT2D eigenvalue weighted by atomic mass is 32.2. The van der Waals surface area contributed by atoms with Crippen LogP contribution < -0.4 is 0 Å². The van der Waals surface area contributed by atoms with Gasteiger partial charge in [-0.15, -0.1) is 0 Å². The van der Waals surface area contributed by atoms with E-state index in [0.29, 0.717) is 32.8 Å². The fourth-order valence-corrected chi connectivity index (χ4v) is 4.53. The van der Waals surface area contributed by atoms with Crippen LogP contribution in [0.2, 0.25) is 0 Å². The molecule has 19 heavy (non-hydrogen) atoms. The van der Waals surface area contributed by atoms with Crippen molar-refractivity contribution in [1.29, 1.82) is 0 Å². The van der Waals surface area contributed by atoms with Crippen LogP contribution >= 0.6 is 0 Å². The van der Waals surface area contributed by atoms with E-state index in [-0.39, 0.29) is 6.04 Å². The SMILES string of the molecule is C[C@@H]1c2cccn2CCN1S(=O)(=O)N1CCOCC1. The number of nitrogens with zero attached hydrogens (tertiary/aromatic N) is 3. The number of hydrogen-bond acceptors (Lipinski definition) is 3. The first-order valence-electron chi connectivity index (χ1n) is 6.60. The van der Waals surface area contributed by atoms with Crippen molar-refractivity contribution in [2.75, 3.05) is 32.8 Å². The van der Waals surface area contributed by atoms with Crippen LogP contribution in [0.3, 0.4) is 0 Å². The van der Waals surface area contributed by atoms with Gasteiger partial charge in [-0.25, -0.2) is 0 Å². The largest absolute Gasteiger partial charge is 0.379 e. The van der Waals surface area contributed by atoms with Crippen molar-refractivity contribution in [2.45, 2.75) is 19.5 Å². The zero-order valence-electron chi connectivity index (χ0n) is 11.0. The van der Waals surface area contributed by atoms with Gasteiger partial charge in [-0.3, -0.25) is 0 Å². The first-order chi connectivity index (χ1) is 9.10. The van der Waals surface area contributed by atoms with Gasteiger partial charge in [0.15, 0.2) is 0 Å². The third-order valence-corrected chi connectivity index (χ3v) is 5.99. The third-order valence-electron chi connectivity index (χ3n) is 3.88. The highest BCUT2D eigenvalue weighted by molar-refractivity contribution is 7.86. The Hall–Kier alpha value is -0.890. The molecule has 1 aromatic heterocycles. The quantitative estimate of drug-likeness (QED) is 0.792. The monoisotopic (exact) mass is 285 g/mol. The number of morpholine rings is 1. The highest BCUT2D eigenvalue weighted by Gasteiger charge is 2.37. The molecule has 0 unspecified atom stereocenters. The number of aromatic nitrogens is 1. The van der Waals surface area contributed by atoms with E-state index in [2.05, 4.69) is 4.57 Å². The summed E-state index contributed by atoms with van der Waals surface area (Å²) in [6.07, 6.45) is 2.00. The fourth-order valence-electron chi connectivity index (χ4n) is 2.80. The van der Waals surface area contributed by atoms with Crippen molar-refractivity contribution in [3.8, 4) is 0 Å². The van der Waals surface area contributed by atoms with Crippen molar-refractivity contribution in [3.05, 3.63) is 24.0 Å². The van der Waals surface area contributed by atoms with E-state index in [1.807, 2.05) is 25.3 Å². The second kappa shape index (κ2) is 4.90. The minimum Gasteiger partial charge on any atom is -0.379 e. The molecule has 0 radical (unpaired) electrons. The van der Waals surface area contributed by atoms with Gasteiger partial charge in [0.1, 0.15) is 0 Å². The van der Waals surface area contributed by atoms with Crippen molar-refractivity contribution >= 4 is 10.2 Å². The molecule has 7 heteroatoms. The second-order valence-electron chi connectivity index (χ2n) is 4.93. The summed E-state index contributed by atoms with van der Waals surface area (Å²) >= 11 is 0. The minimum atomic E-state index is -3.38. The van der Waals surface area contributed by atoms with E-state index in [1.165, 1.54) is 4.31 Å². The van der Waals surface area contributed by atoms with Gasteiger partial charge in [0.2, 0.25) is 0 Å². The summed E-state index contributed by atoms with van der Waals surface area (Å²) in [5.74, 6) is 0. The third kappa shape index (κ3) is 2.20. The molecule has 0 spiro atoms. The molecular formula is C12H19N3O3S. The Morgan fingerprint density at radius 3 is 2.68 bits per heavy atom. The molecule has 3 heterocycles. The molecule has 0 bridgehead atoms. The number of rotatable bonds is 2. The highest BCUT2D eigenvalue weighted by Crippen LogP contribution is 2.29. The summed E-state index contributed by atoms with van der Waals surface area (Å²) in [6, 6.07) is 3.85. The van der Waals surface area contributed by atoms with Crippen LogP contribution in [0, 0.1) is 0 Å². The molecule has 1 saturated heterocycles. The van der Waals surface area contributed by atoms with Crippen LogP contribution in [-0.2, 0) is 21.5 Å². The molecule has 0 aliphatic carbocycles. The van der Waals surface area contributed by atoms with E-state index >= 15 is 0 Å². The average molecular weight is 285 g/mol. The van der Waals surface area contributed by atoms with Gasteiger partial charge >= 0.3 is 0 Å². The summed E-state index contributed by atoms with van der Waals surface area (Å²) in [5.41, 5.74) is 1.06. The predicted octanol–water partition coefficient (Wildman–Crippen LogP) is 0.442. The van der Waals surface area contributed by atoms with Crippen molar-refractivity contribution < 1.29 is 13.2 Å². The lowest BCUT2D eigenvalue weighted by Crippen LogP contribution is -2.51. The van der Waals surface area contributed by atoms with E-state index in [1.54, 1.807) is 4.31 Å². The summed E-state index contributed by atoms with van der Waals surface area (Å²) < 4.78 is 35.8. The standard InChI is InChI=1S/C12H19N3O3S/c1-11-12-3-2-4-13(12)5-6-15(11)19(16,17)14-7-9-18-10-8-14/h2-4,11H,5-10H2,1H3/t11-/m1/s1. The molecule has 1 fully saturated rings. The lowest BCUT2D eigenvalue weighted by molar-refractivity contribution is 0.0686. The molecular weight excluding hydrogens is 266 g/mol. The normalized spacial score (nSPS) is 26.3. The van der Waals surface area contributed by atoms with E-state index in [4.69, 9.17) is 4.74 Å². The molecule has 1 atom stereocenters. The maximum absolute atomic E-state index is 12.7. The fraction of sp³-hybridized carbons (Fsp3) is 0.667. The van der Waals surface area contributed by atoms with Gasteiger partial charge in [-0.2, -0.15) is 17.0 Å². The Balaban J connectivity index is 1.86. The molecule has 2 aliphatic heterocycles. The van der Waals surface area contributed by atoms with Crippen molar-refractivity contribution in [2.24, 2.45) is 0 Å². The molecule has 0 amide bonds. The molecule has 0 N–H and O–H groups in total. The summed E-state index contributed by atoms with van der Waals surface area (Å²) in [6.45, 7) is 5.07.